The van der Waals surface area contributed by atoms with Crippen molar-refractivity contribution in [1.29, 1.82) is 0 Å². The Morgan fingerprint density at radius 3 is 2.97 bits per heavy atom. The average Bonchev–Trinajstić information content (AvgIpc) is 3.38. The van der Waals surface area contributed by atoms with E-state index in [9.17, 15) is 4.79 Å². The number of aromatic nitrogens is 5. The summed E-state index contributed by atoms with van der Waals surface area (Å²) in [5.41, 5.74) is 5.80. The van der Waals surface area contributed by atoms with Gasteiger partial charge in [-0.3, -0.25) is 4.79 Å². The lowest BCUT2D eigenvalue weighted by atomic mass is 9.95. The zero-order chi connectivity index (χ0) is 23.4. The fourth-order valence-corrected chi connectivity index (χ4v) is 5.51. The van der Waals surface area contributed by atoms with Crippen LogP contribution in [0.25, 0.3) is 31.5 Å². The van der Waals surface area contributed by atoms with E-state index in [1.165, 1.54) is 6.92 Å². The van der Waals surface area contributed by atoms with Gasteiger partial charge in [-0.2, -0.15) is 0 Å². The van der Waals surface area contributed by atoms with Crippen LogP contribution in [0, 0.1) is 0 Å². The molecule has 0 saturated carbocycles. The van der Waals surface area contributed by atoms with Gasteiger partial charge in [0.25, 0.3) is 0 Å². The van der Waals surface area contributed by atoms with Crippen molar-refractivity contribution in [1.82, 2.24) is 24.9 Å². The summed E-state index contributed by atoms with van der Waals surface area (Å²) in [5, 5.41) is 4.53. The van der Waals surface area contributed by atoms with Crippen molar-refractivity contribution in [2.45, 2.75) is 45.8 Å². The molecule has 5 heterocycles. The number of hydrogen-bond acceptors (Lipinski definition) is 8. The Morgan fingerprint density at radius 1 is 1.24 bits per heavy atom. The molecule has 0 unspecified atom stereocenters. The first-order valence-corrected chi connectivity index (χ1v) is 12.1. The second-order valence-electron chi connectivity index (χ2n) is 9.34. The lowest BCUT2D eigenvalue weighted by Crippen LogP contribution is -2.32. The van der Waals surface area contributed by atoms with Gasteiger partial charge in [0.2, 0.25) is 0 Å². The van der Waals surface area contributed by atoms with Gasteiger partial charge in [0, 0.05) is 30.8 Å². The van der Waals surface area contributed by atoms with Crippen molar-refractivity contribution < 1.29 is 9.53 Å². The Labute approximate surface area is 199 Å². The van der Waals surface area contributed by atoms with E-state index in [2.05, 4.69) is 51.2 Å². The maximum Gasteiger partial charge on any atom is 0.195 e. The number of thiophene rings is 1. The number of ketones is 1. The van der Waals surface area contributed by atoms with E-state index >= 15 is 0 Å². The summed E-state index contributed by atoms with van der Waals surface area (Å²) in [4.78, 5) is 34.0. The number of imidazole rings is 1. The minimum Gasteiger partial charge on any atom is -0.370 e. The van der Waals surface area contributed by atoms with Gasteiger partial charge in [-0.1, -0.05) is 6.07 Å². The normalized spacial score (nSPS) is 15.1. The van der Waals surface area contributed by atoms with Gasteiger partial charge in [0.1, 0.15) is 17.0 Å². The van der Waals surface area contributed by atoms with Gasteiger partial charge in [-0.05, 0) is 44.0 Å². The summed E-state index contributed by atoms with van der Waals surface area (Å²) in [6.45, 7) is 7.01. The van der Waals surface area contributed by atoms with Gasteiger partial charge in [-0.25, -0.2) is 19.9 Å². The molecule has 9 heteroatoms. The quantitative estimate of drug-likeness (QED) is 0.353. The topological polar surface area (TPSA) is 106 Å². The van der Waals surface area contributed by atoms with E-state index < -0.39 is 0 Å². The molecule has 2 N–H and O–H groups in total. The highest BCUT2D eigenvalue weighted by molar-refractivity contribution is 7.25. The summed E-state index contributed by atoms with van der Waals surface area (Å²) in [6.07, 6.45) is 3.21. The molecule has 0 aliphatic carbocycles. The molecule has 0 amide bonds. The number of hydrogen-bond donors (Lipinski definition) is 2. The standard InChI is InChI=1S/C25H24N6O2S/c1-13(32)22-29-17-5-4-14(8-18(17)30-22)6-7-26-23-21-20(27-12-28-23)16-9-15-11-33-25(2,3)10-19(15)31-24(16)34-21/h4-5,8-9,12H,6-7,10-11H2,1-3H3,(H,29,30)(H,26,27,28). The highest BCUT2D eigenvalue weighted by Crippen LogP contribution is 2.38. The van der Waals surface area contributed by atoms with Gasteiger partial charge < -0.3 is 15.0 Å². The molecule has 1 aliphatic rings. The number of anilines is 1. The first-order chi connectivity index (χ1) is 16.4. The van der Waals surface area contributed by atoms with E-state index in [1.807, 2.05) is 12.1 Å². The highest BCUT2D eigenvalue weighted by atomic mass is 32.1. The largest absolute Gasteiger partial charge is 0.370 e. The molecular formula is C25H24N6O2S. The predicted octanol–water partition coefficient (Wildman–Crippen LogP) is 4.82. The number of carbonyl (C=O) groups excluding carboxylic acids is 1. The molecule has 0 saturated heterocycles. The molecule has 5 aromatic rings. The Kier molecular flexibility index (Phi) is 4.86. The Balaban J connectivity index is 1.25. The van der Waals surface area contributed by atoms with Crippen LogP contribution >= 0.6 is 11.3 Å². The molecule has 0 spiro atoms. The molecule has 8 nitrogen and oxygen atoms in total. The van der Waals surface area contributed by atoms with Crippen molar-refractivity contribution in [2.75, 3.05) is 11.9 Å². The van der Waals surface area contributed by atoms with Crippen molar-refractivity contribution >= 4 is 54.4 Å². The summed E-state index contributed by atoms with van der Waals surface area (Å²) in [6, 6.07) is 8.22. The van der Waals surface area contributed by atoms with E-state index in [4.69, 9.17) is 9.72 Å². The van der Waals surface area contributed by atoms with Gasteiger partial charge in [0.15, 0.2) is 11.6 Å². The van der Waals surface area contributed by atoms with Crippen LogP contribution in [0.5, 0.6) is 0 Å². The first-order valence-electron chi connectivity index (χ1n) is 11.3. The minimum atomic E-state index is -0.191. The molecule has 6 rings (SSSR count). The maximum absolute atomic E-state index is 11.6. The van der Waals surface area contributed by atoms with Gasteiger partial charge in [-0.15, -0.1) is 11.3 Å². The van der Waals surface area contributed by atoms with Crippen molar-refractivity contribution in [3.8, 4) is 0 Å². The second kappa shape index (κ2) is 7.82. The van der Waals surface area contributed by atoms with Crippen molar-refractivity contribution in [3.63, 3.8) is 0 Å². The SMILES string of the molecule is CC(=O)c1nc2cc(CCNc3ncnc4c3sc3nc5c(cc34)COC(C)(C)C5)ccc2[nH]1. The first kappa shape index (κ1) is 21.1. The molecule has 0 fully saturated rings. The molecule has 172 valence electrons. The lowest BCUT2D eigenvalue weighted by molar-refractivity contribution is -0.0411. The fraction of sp³-hybridized carbons (Fsp3) is 0.320. The fourth-order valence-electron chi connectivity index (χ4n) is 4.41. The molecule has 0 atom stereocenters. The lowest BCUT2D eigenvalue weighted by Gasteiger charge is -2.30. The number of H-pyrrole nitrogens is 1. The van der Waals surface area contributed by atoms with E-state index in [1.54, 1.807) is 17.7 Å². The van der Waals surface area contributed by atoms with E-state index in [0.717, 1.165) is 66.9 Å². The third-order valence-electron chi connectivity index (χ3n) is 6.21. The molecule has 34 heavy (non-hydrogen) atoms. The van der Waals surface area contributed by atoms with Crippen molar-refractivity contribution in [3.05, 3.63) is 53.2 Å². The third kappa shape index (κ3) is 3.70. The zero-order valence-electron chi connectivity index (χ0n) is 19.2. The monoisotopic (exact) mass is 472 g/mol. The Bertz CT molecular complexity index is 1590. The summed E-state index contributed by atoms with van der Waals surface area (Å²) in [7, 11) is 0. The molecular weight excluding hydrogens is 448 g/mol. The van der Waals surface area contributed by atoms with Crippen LogP contribution < -0.4 is 5.32 Å². The Morgan fingerprint density at radius 2 is 2.12 bits per heavy atom. The van der Waals surface area contributed by atoms with Crippen molar-refractivity contribution in [2.24, 2.45) is 0 Å². The number of fused-ring (bicyclic) bond motifs is 5. The predicted molar refractivity (Wildman–Crippen MR) is 134 cm³/mol. The molecule has 1 aliphatic heterocycles. The number of benzene rings is 1. The number of aromatic amines is 1. The van der Waals surface area contributed by atoms with Gasteiger partial charge >= 0.3 is 0 Å². The molecule has 0 radical (unpaired) electrons. The smallest absolute Gasteiger partial charge is 0.195 e. The summed E-state index contributed by atoms with van der Waals surface area (Å²) < 4.78 is 7.00. The van der Waals surface area contributed by atoms with E-state index in [0.29, 0.717) is 19.0 Å². The summed E-state index contributed by atoms with van der Waals surface area (Å²) >= 11 is 1.63. The van der Waals surface area contributed by atoms with Crippen LogP contribution in [0.4, 0.5) is 5.82 Å². The van der Waals surface area contributed by atoms with Crippen LogP contribution in [-0.4, -0.2) is 42.8 Å². The number of Topliss-reactive ketones (excluding diaryl/α,β-unsaturated/α-hetero) is 1. The summed E-state index contributed by atoms with van der Waals surface area (Å²) in [5.74, 6) is 1.15. The number of rotatable bonds is 5. The molecule has 0 bridgehead atoms. The highest BCUT2D eigenvalue weighted by Gasteiger charge is 2.28. The van der Waals surface area contributed by atoms with Crippen LogP contribution in [0.3, 0.4) is 0 Å². The second-order valence-corrected chi connectivity index (χ2v) is 10.3. The molecule has 1 aromatic carbocycles. The van der Waals surface area contributed by atoms with Crippen LogP contribution in [-0.2, 0) is 24.2 Å². The minimum absolute atomic E-state index is 0.0675. The number of nitrogens with one attached hydrogen (secondary N) is 2. The zero-order valence-corrected chi connectivity index (χ0v) is 20.0. The van der Waals surface area contributed by atoms with Gasteiger partial charge in [0.05, 0.1) is 39.2 Å². The number of nitrogens with zero attached hydrogens (tertiary/aromatic N) is 4. The Hall–Kier alpha value is -3.43. The third-order valence-corrected chi connectivity index (χ3v) is 7.31. The van der Waals surface area contributed by atoms with Crippen LogP contribution in [0.1, 0.15) is 48.2 Å². The maximum atomic E-state index is 11.6. The number of carbonyl (C=O) groups is 1. The van der Waals surface area contributed by atoms with Crippen LogP contribution in [0.2, 0.25) is 0 Å². The van der Waals surface area contributed by atoms with Crippen LogP contribution in [0.15, 0.2) is 30.6 Å². The number of ether oxygens (including phenoxy) is 1. The average molecular weight is 473 g/mol. The van der Waals surface area contributed by atoms with E-state index in [-0.39, 0.29) is 11.4 Å². The number of pyridine rings is 1. The molecule has 4 aromatic heterocycles.